The van der Waals surface area contributed by atoms with E-state index in [-0.39, 0.29) is 10.6 Å². The quantitative estimate of drug-likeness (QED) is 0.590. The van der Waals surface area contributed by atoms with Crippen LogP contribution in [0.1, 0.15) is 20.8 Å². The van der Waals surface area contributed by atoms with Crippen LogP contribution in [0.3, 0.4) is 0 Å². The average Bonchev–Trinajstić information content (AvgIpc) is 3.17. The summed E-state index contributed by atoms with van der Waals surface area (Å²) in [5.41, 5.74) is 3.74. The van der Waals surface area contributed by atoms with Gasteiger partial charge in [-0.3, -0.25) is 4.79 Å². The van der Waals surface area contributed by atoms with Crippen LogP contribution >= 0.6 is 11.3 Å². The molecule has 1 heterocycles. The standard InChI is InChI=1S/C21H18N2O5S2/c22-30(26,27)16-6-3-5-15(11-16)23-19(24)12-28-21(25)18-10-14-9-8-13-4-1-2-7-17(13)20(14)29-18/h1-7,10-11H,8-9,12H2,(H,23,24)(H2,22,26,27). The number of anilines is 1. The van der Waals surface area contributed by atoms with Crippen LogP contribution in [0.2, 0.25) is 0 Å². The molecule has 0 radical (unpaired) electrons. The number of nitrogens with two attached hydrogens (primary N) is 1. The molecule has 3 N–H and O–H groups in total. The van der Waals surface area contributed by atoms with E-state index in [2.05, 4.69) is 11.4 Å². The summed E-state index contributed by atoms with van der Waals surface area (Å²) >= 11 is 1.36. The number of primary sulfonamides is 1. The molecule has 0 spiro atoms. The summed E-state index contributed by atoms with van der Waals surface area (Å²) in [6, 6.07) is 15.5. The Morgan fingerprint density at radius 2 is 1.80 bits per heavy atom. The highest BCUT2D eigenvalue weighted by Gasteiger charge is 2.22. The van der Waals surface area contributed by atoms with Gasteiger partial charge in [-0.15, -0.1) is 11.3 Å². The first-order valence-electron chi connectivity index (χ1n) is 9.12. The lowest BCUT2D eigenvalue weighted by molar-refractivity contribution is -0.119. The van der Waals surface area contributed by atoms with Gasteiger partial charge >= 0.3 is 5.97 Å². The Kier molecular flexibility index (Phi) is 5.42. The summed E-state index contributed by atoms with van der Waals surface area (Å²) in [6.07, 6.45) is 1.78. The number of thiophene rings is 1. The third-order valence-corrected chi connectivity index (χ3v) is 6.82. The molecule has 0 bridgehead atoms. The molecule has 30 heavy (non-hydrogen) atoms. The van der Waals surface area contributed by atoms with Gasteiger partial charge in [0, 0.05) is 10.6 Å². The first-order valence-corrected chi connectivity index (χ1v) is 11.5. The fourth-order valence-electron chi connectivity index (χ4n) is 3.32. The zero-order valence-electron chi connectivity index (χ0n) is 15.8. The number of rotatable bonds is 5. The highest BCUT2D eigenvalue weighted by atomic mass is 32.2. The smallest absolute Gasteiger partial charge is 0.348 e. The molecule has 7 nitrogen and oxygen atoms in total. The molecule has 9 heteroatoms. The molecule has 0 atom stereocenters. The summed E-state index contributed by atoms with van der Waals surface area (Å²) in [7, 11) is -3.88. The van der Waals surface area contributed by atoms with Crippen molar-refractivity contribution in [3.63, 3.8) is 0 Å². The van der Waals surface area contributed by atoms with Gasteiger partial charge in [0.05, 0.1) is 4.90 Å². The number of esters is 1. The Balaban J connectivity index is 1.40. The van der Waals surface area contributed by atoms with Crippen molar-refractivity contribution in [1.29, 1.82) is 0 Å². The minimum absolute atomic E-state index is 0.123. The SMILES string of the molecule is NS(=O)(=O)c1cccc(NC(=O)COC(=O)c2cc3c(s2)-c2ccccc2CC3)c1. The summed E-state index contributed by atoms with van der Waals surface area (Å²) in [4.78, 5) is 25.9. The van der Waals surface area contributed by atoms with Crippen molar-refractivity contribution in [1.82, 2.24) is 0 Å². The number of amides is 1. The number of carbonyl (C=O) groups is 2. The van der Waals surface area contributed by atoms with Crippen LogP contribution in [0, 0.1) is 0 Å². The van der Waals surface area contributed by atoms with Crippen molar-refractivity contribution in [2.24, 2.45) is 5.14 Å². The van der Waals surface area contributed by atoms with E-state index in [9.17, 15) is 18.0 Å². The van der Waals surface area contributed by atoms with E-state index < -0.39 is 28.5 Å². The van der Waals surface area contributed by atoms with Crippen LogP contribution in [-0.2, 0) is 32.4 Å². The van der Waals surface area contributed by atoms with Gasteiger partial charge in [0.15, 0.2) is 6.61 Å². The zero-order valence-corrected chi connectivity index (χ0v) is 17.4. The predicted octanol–water partition coefficient (Wildman–Crippen LogP) is 2.96. The van der Waals surface area contributed by atoms with Crippen LogP contribution in [0.15, 0.2) is 59.5 Å². The number of sulfonamides is 1. The molecule has 0 saturated carbocycles. The number of ether oxygens (including phenoxy) is 1. The second-order valence-corrected chi connectivity index (χ2v) is 9.43. The van der Waals surface area contributed by atoms with E-state index >= 15 is 0 Å². The Morgan fingerprint density at radius 3 is 2.60 bits per heavy atom. The number of fused-ring (bicyclic) bond motifs is 3. The maximum absolute atomic E-state index is 12.4. The van der Waals surface area contributed by atoms with Crippen LogP contribution in [-0.4, -0.2) is 26.9 Å². The van der Waals surface area contributed by atoms with Crippen LogP contribution in [0.5, 0.6) is 0 Å². The minimum atomic E-state index is -3.88. The van der Waals surface area contributed by atoms with Crippen molar-refractivity contribution in [2.75, 3.05) is 11.9 Å². The van der Waals surface area contributed by atoms with Gasteiger partial charge in [-0.25, -0.2) is 18.4 Å². The summed E-state index contributed by atoms with van der Waals surface area (Å²) < 4.78 is 27.9. The molecule has 1 aliphatic rings. The first-order chi connectivity index (χ1) is 14.3. The van der Waals surface area contributed by atoms with Gasteiger partial charge in [-0.2, -0.15) is 0 Å². The largest absolute Gasteiger partial charge is 0.451 e. The fraction of sp³-hybridized carbons (Fsp3) is 0.143. The number of hydrogen-bond donors (Lipinski definition) is 2. The second kappa shape index (κ2) is 8.02. The molecule has 0 unspecified atom stereocenters. The molecule has 2 aromatic carbocycles. The highest BCUT2D eigenvalue weighted by Crippen LogP contribution is 2.39. The van der Waals surface area contributed by atoms with Crippen molar-refractivity contribution in [3.05, 3.63) is 70.6 Å². The molecule has 0 fully saturated rings. The maximum Gasteiger partial charge on any atom is 0.348 e. The molecule has 1 amide bonds. The molecule has 0 aliphatic heterocycles. The van der Waals surface area contributed by atoms with Gasteiger partial charge < -0.3 is 10.1 Å². The number of nitrogens with one attached hydrogen (secondary N) is 1. The Labute approximate surface area is 177 Å². The van der Waals surface area contributed by atoms with E-state index in [0.717, 1.165) is 28.8 Å². The molecule has 1 aliphatic carbocycles. The third kappa shape index (κ3) is 4.28. The predicted molar refractivity (Wildman–Crippen MR) is 114 cm³/mol. The molecule has 0 saturated heterocycles. The van der Waals surface area contributed by atoms with Gasteiger partial charge in [0.2, 0.25) is 10.0 Å². The highest BCUT2D eigenvalue weighted by molar-refractivity contribution is 7.89. The minimum Gasteiger partial charge on any atom is -0.451 e. The van der Waals surface area contributed by atoms with Crippen molar-refractivity contribution in [2.45, 2.75) is 17.7 Å². The van der Waals surface area contributed by atoms with Gasteiger partial charge in [-0.1, -0.05) is 30.3 Å². The zero-order chi connectivity index (χ0) is 21.3. The van der Waals surface area contributed by atoms with E-state index in [1.807, 2.05) is 24.3 Å². The van der Waals surface area contributed by atoms with Gasteiger partial charge in [-0.05, 0) is 53.8 Å². The number of aryl methyl sites for hydroxylation is 2. The van der Waals surface area contributed by atoms with Crippen LogP contribution in [0.25, 0.3) is 10.4 Å². The maximum atomic E-state index is 12.4. The number of hydrogen-bond acceptors (Lipinski definition) is 6. The van der Waals surface area contributed by atoms with E-state index in [1.54, 1.807) is 0 Å². The topological polar surface area (TPSA) is 116 Å². The summed E-state index contributed by atoms with van der Waals surface area (Å²) in [6.45, 7) is -0.489. The monoisotopic (exact) mass is 442 g/mol. The Morgan fingerprint density at radius 1 is 1.03 bits per heavy atom. The molecule has 1 aromatic heterocycles. The first kappa shape index (κ1) is 20.3. The summed E-state index contributed by atoms with van der Waals surface area (Å²) in [5, 5.41) is 7.57. The van der Waals surface area contributed by atoms with Gasteiger partial charge in [0.25, 0.3) is 5.91 Å². The van der Waals surface area contributed by atoms with E-state index in [0.29, 0.717) is 4.88 Å². The Bertz CT molecular complexity index is 1250. The molecule has 4 rings (SSSR count). The van der Waals surface area contributed by atoms with Crippen LogP contribution < -0.4 is 10.5 Å². The number of benzene rings is 2. The lowest BCUT2D eigenvalue weighted by atomic mass is 9.91. The number of carbonyl (C=O) groups excluding carboxylic acids is 2. The van der Waals surface area contributed by atoms with E-state index in [1.165, 1.54) is 41.2 Å². The lowest BCUT2D eigenvalue weighted by Crippen LogP contribution is -2.21. The van der Waals surface area contributed by atoms with Crippen molar-refractivity contribution in [3.8, 4) is 10.4 Å². The second-order valence-electron chi connectivity index (χ2n) is 6.82. The molecule has 154 valence electrons. The van der Waals surface area contributed by atoms with Crippen LogP contribution in [0.4, 0.5) is 5.69 Å². The molecular weight excluding hydrogens is 424 g/mol. The molecule has 3 aromatic rings. The van der Waals surface area contributed by atoms with Gasteiger partial charge in [0.1, 0.15) is 4.88 Å². The fourth-order valence-corrected chi connectivity index (χ4v) is 5.05. The Hall–Kier alpha value is -3.01. The van der Waals surface area contributed by atoms with Crippen molar-refractivity contribution < 1.29 is 22.7 Å². The van der Waals surface area contributed by atoms with Crippen molar-refractivity contribution >= 4 is 38.9 Å². The molecular formula is C21H18N2O5S2. The van der Waals surface area contributed by atoms with E-state index in [4.69, 9.17) is 9.88 Å². The summed E-state index contributed by atoms with van der Waals surface area (Å²) in [5.74, 6) is -1.15. The third-order valence-electron chi connectivity index (χ3n) is 4.72. The normalized spacial score (nSPS) is 12.6. The average molecular weight is 443 g/mol. The lowest BCUT2D eigenvalue weighted by Gasteiger charge is -2.15.